The molecule has 1 fully saturated rings. The molecular weight excluding hydrogens is 414 g/mol. The summed E-state index contributed by atoms with van der Waals surface area (Å²) in [5, 5.41) is 13.7. The van der Waals surface area contributed by atoms with Gasteiger partial charge in [-0.3, -0.25) is 24.2 Å². The van der Waals surface area contributed by atoms with Crippen LogP contribution < -0.4 is 5.56 Å². The van der Waals surface area contributed by atoms with Gasteiger partial charge in [0.25, 0.3) is 5.56 Å². The van der Waals surface area contributed by atoms with E-state index in [1.807, 2.05) is 16.6 Å². The van der Waals surface area contributed by atoms with Crippen LogP contribution in [0.5, 0.6) is 0 Å². The second kappa shape index (κ2) is 8.41. The molecule has 168 valence electrons. The standard InChI is InChI=1S/C25H27N7O/c1-16-12-19(23-15-25(33)30(3)24-14-20(6-8-26)29-32(23)24)7-11-31(16)17(2)18-4-5-21-22(13-18)28-10-9-27-21/h4-5,9-10,13-17,19H,6-7,11-12H2,1-3H3/t16-,17?,19?/m0/s1. The SMILES string of the molecule is CC(c1ccc2nccnc2c1)N1CCC(c2cc(=O)n(C)c3cc(CC#N)nn23)C[C@@H]1C. The topological polar surface area (TPSA) is 92.1 Å². The van der Waals surface area contributed by atoms with Crippen LogP contribution in [0.25, 0.3) is 16.7 Å². The van der Waals surface area contributed by atoms with Gasteiger partial charge in [-0.25, -0.2) is 4.52 Å². The first-order chi connectivity index (χ1) is 16.0. The summed E-state index contributed by atoms with van der Waals surface area (Å²) in [5.74, 6) is 0.233. The highest BCUT2D eigenvalue weighted by Crippen LogP contribution is 2.36. The van der Waals surface area contributed by atoms with Gasteiger partial charge >= 0.3 is 0 Å². The summed E-state index contributed by atoms with van der Waals surface area (Å²) in [6, 6.07) is 12.6. The Balaban J connectivity index is 1.41. The Morgan fingerprint density at radius 3 is 2.73 bits per heavy atom. The second-order valence-electron chi connectivity index (χ2n) is 9.00. The van der Waals surface area contributed by atoms with Crippen LogP contribution in [0.4, 0.5) is 0 Å². The van der Waals surface area contributed by atoms with Crippen LogP contribution in [-0.4, -0.2) is 41.6 Å². The lowest BCUT2D eigenvalue weighted by molar-refractivity contribution is 0.102. The van der Waals surface area contributed by atoms with E-state index in [1.54, 1.807) is 30.1 Å². The zero-order valence-electron chi connectivity index (χ0n) is 19.1. The molecule has 0 spiro atoms. The summed E-state index contributed by atoms with van der Waals surface area (Å²) < 4.78 is 3.47. The zero-order valence-corrected chi connectivity index (χ0v) is 19.1. The maximum Gasteiger partial charge on any atom is 0.253 e. The van der Waals surface area contributed by atoms with Gasteiger partial charge in [0.15, 0.2) is 0 Å². The van der Waals surface area contributed by atoms with Gasteiger partial charge in [-0.05, 0) is 50.9 Å². The normalized spacial score (nSPS) is 20.2. The zero-order chi connectivity index (χ0) is 23.1. The number of likely N-dealkylation sites (tertiary alicyclic amines) is 1. The molecular formula is C25H27N7O. The number of hydrogen-bond acceptors (Lipinski definition) is 6. The van der Waals surface area contributed by atoms with Gasteiger partial charge in [0.2, 0.25) is 0 Å². The molecule has 5 rings (SSSR count). The molecule has 4 heterocycles. The van der Waals surface area contributed by atoms with Crippen molar-refractivity contribution in [1.29, 1.82) is 5.26 Å². The highest BCUT2D eigenvalue weighted by molar-refractivity contribution is 5.74. The minimum absolute atomic E-state index is 0.0402. The van der Waals surface area contributed by atoms with E-state index in [1.165, 1.54) is 5.56 Å². The summed E-state index contributed by atoms with van der Waals surface area (Å²) in [4.78, 5) is 24.0. The van der Waals surface area contributed by atoms with Crippen molar-refractivity contribution < 1.29 is 0 Å². The molecule has 1 saturated heterocycles. The number of aryl methyl sites for hydroxylation is 1. The Labute approximate surface area is 192 Å². The molecule has 3 aromatic heterocycles. The number of fused-ring (bicyclic) bond motifs is 2. The van der Waals surface area contributed by atoms with Crippen LogP contribution in [-0.2, 0) is 13.5 Å². The van der Waals surface area contributed by atoms with E-state index in [0.717, 1.165) is 41.8 Å². The Morgan fingerprint density at radius 1 is 1.18 bits per heavy atom. The van der Waals surface area contributed by atoms with Crippen molar-refractivity contribution >= 4 is 16.7 Å². The lowest BCUT2D eigenvalue weighted by Crippen LogP contribution is -2.42. The molecule has 1 aliphatic rings. The Bertz CT molecular complexity index is 1430. The average Bonchev–Trinajstić information content (AvgIpc) is 3.25. The van der Waals surface area contributed by atoms with Crippen LogP contribution in [0.15, 0.2) is 47.5 Å². The number of aromatic nitrogens is 5. The smallest absolute Gasteiger partial charge is 0.253 e. The highest BCUT2D eigenvalue weighted by Gasteiger charge is 2.32. The first-order valence-electron chi connectivity index (χ1n) is 11.4. The third-order valence-electron chi connectivity index (χ3n) is 7.01. The third-order valence-corrected chi connectivity index (χ3v) is 7.01. The lowest BCUT2D eigenvalue weighted by atomic mass is 9.87. The molecule has 3 atom stereocenters. The van der Waals surface area contributed by atoms with E-state index >= 15 is 0 Å². The van der Waals surface area contributed by atoms with Crippen LogP contribution in [0, 0.1) is 11.3 Å². The maximum atomic E-state index is 12.6. The van der Waals surface area contributed by atoms with E-state index < -0.39 is 0 Å². The van der Waals surface area contributed by atoms with Gasteiger partial charge in [-0.15, -0.1) is 0 Å². The van der Waals surface area contributed by atoms with Crippen LogP contribution in [0.2, 0.25) is 0 Å². The summed E-state index contributed by atoms with van der Waals surface area (Å²) in [5.41, 5.74) is 5.39. The number of piperidine rings is 1. The van der Waals surface area contributed by atoms with Crippen molar-refractivity contribution in [2.45, 2.75) is 51.1 Å². The maximum absolute atomic E-state index is 12.6. The second-order valence-corrected chi connectivity index (χ2v) is 9.00. The van der Waals surface area contributed by atoms with Crippen LogP contribution >= 0.6 is 0 Å². The number of nitriles is 1. The summed E-state index contributed by atoms with van der Waals surface area (Å²) in [7, 11) is 1.75. The molecule has 4 aromatic rings. The summed E-state index contributed by atoms with van der Waals surface area (Å²) in [6.45, 7) is 5.42. The summed E-state index contributed by atoms with van der Waals surface area (Å²) >= 11 is 0. The van der Waals surface area contributed by atoms with E-state index in [4.69, 9.17) is 5.26 Å². The van der Waals surface area contributed by atoms with Gasteiger partial charge in [0, 0.05) is 49.6 Å². The Kier molecular flexibility index (Phi) is 5.43. The largest absolute Gasteiger partial charge is 0.296 e. The molecule has 0 N–H and O–H groups in total. The molecule has 0 saturated carbocycles. The van der Waals surface area contributed by atoms with Crippen molar-refractivity contribution in [2.24, 2.45) is 7.05 Å². The van der Waals surface area contributed by atoms with Gasteiger partial charge in [-0.1, -0.05) is 6.07 Å². The van der Waals surface area contributed by atoms with E-state index in [-0.39, 0.29) is 23.9 Å². The van der Waals surface area contributed by atoms with Crippen LogP contribution in [0.1, 0.15) is 55.6 Å². The van der Waals surface area contributed by atoms with E-state index in [9.17, 15) is 4.79 Å². The minimum atomic E-state index is -0.0402. The van der Waals surface area contributed by atoms with Gasteiger partial charge in [-0.2, -0.15) is 10.4 Å². The fraction of sp³-hybridized carbons (Fsp3) is 0.400. The minimum Gasteiger partial charge on any atom is -0.296 e. The van der Waals surface area contributed by atoms with Crippen molar-refractivity contribution in [3.63, 3.8) is 0 Å². The molecule has 8 heteroatoms. The molecule has 0 aliphatic carbocycles. The average molecular weight is 442 g/mol. The van der Waals surface area contributed by atoms with E-state index in [0.29, 0.717) is 11.7 Å². The van der Waals surface area contributed by atoms with Gasteiger partial charge in [0.05, 0.1) is 34.9 Å². The first-order valence-corrected chi connectivity index (χ1v) is 11.4. The molecule has 1 aromatic carbocycles. The summed E-state index contributed by atoms with van der Waals surface area (Å²) in [6.07, 6.45) is 5.56. The predicted molar refractivity (Wildman–Crippen MR) is 126 cm³/mol. The first kappa shape index (κ1) is 21.3. The number of benzene rings is 1. The van der Waals surface area contributed by atoms with Gasteiger partial charge < -0.3 is 0 Å². The Morgan fingerprint density at radius 2 is 1.97 bits per heavy atom. The lowest BCUT2D eigenvalue weighted by Gasteiger charge is -2.41. The third kappa shape index (κ3) is 3.79. The van der Waals surface area contributed by atoms with Crippen molar-refractivity contribution in [2.75, 3.05) is 6.54 Å². The highest BCUT2D eigenvalue weighted by atomic mass is 16.1. The van der Waals surface area contributed by atoms with Gasteiger partial charge in [0.1, 0.15) is 5.65 Å². The molecule has 0 amide bonds. The molecule has 0 bridgehead atoms. The van der Waals surface area contributed by atoms with Crippen LogP contribution in [0.3, 0.4) is 0 Å². The Hall–Kier alpha value is -3.57. The molecule has 8 nitrogen and oxygen atoms in total. The molecule has 2 unspecified atom stereocenters. The van der Waals surface area contributed by atoms with Crippen molar-refractivity contribution in [3.05, 3.63) is 70.0 Å². The molecule has 33 heavy (non-hydrogen) atoms. The predicted octanol–water partition coefficient (Wildman–Crippen LogP) is 3.37. The van der Waals surface area contributed by atoms with E-state index in [2.05, 4.69) is 52.0 Å². The quantitative estimate of drug-likeness (QED) is 0.482. The molecule has 0 radical (unpaired) electrons. The van der Waals surface area contributed by atoms with Crippen molar-refractivity contribution in [3.8, 4) is 6.07 Å². The number of nitrogens with zero attached hydrogens (tertiary/aromatic N) is 7. The van der Waals surface area contributed by atoms with Crippen molar-refractivity contribution in [1.82, 2.24) is 29.0 Å². The molecule has 1 aliphatic heterocycles. The monoisotopic (exact) mass is 441 g/mol. The number of hydrogen-bond donors (Lipinski definition) is 0. The number of rotatable bonds is 4. The fourth-order valence-electron chi connectivity index (χ4n) is 5.17. The fourth-order valence-corrected chi connectivity index (χ4v) is 5.17.